The molecule has 112 valence electrons. The maximum absolute atomic E-state index is 11.8. The van der Waals surface area contributed by atoms with E-state index in [1.165, 1.54) is 0 Å². The van der Waals surface area contributed by atoms with Crippen LogP contribution in [0, 0.1) is 5.92 Å². The molecule has 0 bridgehead atoms. The number of hydrogen-bond donors (Lipinski definition) is 3. The van der Waals surface area contributed by atoms with Crippen molar-refractivity contribution in [3.8, 4) is 0 Å². The highest BCUT2D eigenvalue weighted by molar-refractivity contribution is 6.34. The maximum atomic E-state index is 11.8. The minimum Gasteiger partial charge on any atom is -0.387 e. The molecule has 3 N–H and O–H groups in total. The number of carbonyl (C=O) groups excluding carboxylic acids is 1. The van der Waals surface area contributed by atoms with Crippen LogP contribution in [-0.4, -0.2) is 30.6 Å². The molecule has 1 fully saturated rings. The first-order valence-electron chi connectivity index (χ1n) is 6.19. The molecule has 1 saturated heterocycles. The number of halogens is 3. The van der Waals surface area contributed by atoms with E-state index < -0.39 is 6.10 Å². The molecule has 1 aliphatic rings. The zero-order chi connectivity index (χ0) is 13.8. The second-order valence-corrected chi connectivity index (χ2v) is 5.53. The number of amides is 1. The zero-order valence-electron chi connectivity index (χ0n) is 10.7. The van der Waals surface area contributed by atoms with Crippen molar-refractivity contribution >= 4 is 41.5 Å². The Bertz CT molecular complexity index is 445. The van der Waals surface area contributed by atoms with Gasteiger partial charge < -0.3 is 15.7 Å². The average Bonchev–Trinajstić information content (AvgIpc) is 2.88. The third-order valence-electron chi connectivity index (χ3n) is 3.17. The normalized spacial score (nSPS) is 19.2. The van der Waals surface area contributed by atoms with Crippen molar-refractivity contribution in [2.24, 2.45) is 5.92 Å². The quantitative estimate of drug-likeness (QED) is 0.788. The van der Waals surface area contributed by atoms with Gasteiger partial charge in [0, 0.05) is 23.1 Å². The largest absolute Gasteiger partial charge is 0.387 e. The molecular formula is C13H17Cl3N2O2. The number of benzene rings is 1. The maximum Gasteiger partial charge on any atom is 0.224 e. The summed E-state index contributed by atoms with van der Waals surface area (Å²) in [4.78, 5) is 11.8. The van der Waals surface area contributed by atoms with Crippen LogP contribution in [-0.2, 0) is 4.79 Å². The highest BCUT2D eigenvalue weighted by Gasteiger charge is 2.22. The van der Waals surface area contributed by atoms with Crippen molar-refractivity contribution in [1.82, 2.24) is 10.6 Å². The van der Waals surface area contributed by atoms with E-state index in [4.69, 9.17) is 23.2 Å². The first-order valence-corrected chi connectivity index (χ1v) is 6.94. The Balaban J connectivity index is 0.00000200. The summed E-state index contributed by atoms with van der Waals surface area (Å²) in [5, 5.41) is 16.8. The molecule has 4 nitrogen and oxygen atoms in total. The number of hydrogen-bond acceptors (Lipinski definition) is 3. The molecule has 0 aliphatic carbocycles. The molecule has 1 aromatic carbocycles. The van der Waals surface area contributed by atoms with Gasteiger partial charge in [-0.3, -0.25) is 4.79 Å². The fourth-order valence-electron chi connectivity index (χ4n) is 2.11. The Morgan fingerprint density at radius 1 is 1.40 bits per heavy atom. The monoisotopic (exact) mass is 338 g/mol. The Labute approximate surface area is 134 Å². The van der Waals surface area contributed by atoms with Crippen LogP contribution in [0.1, 0.15) is 18.1 Å². The predicted octanol–water partition coefficient (Wildman–Crippen LogP) is 2.17. The molecule has 2 unspecified atom stereocenters. The lowest BCUT2D eigenvalue weighted by Gasteiger charge is -2.15. The fourth-order valence-corrected chi connectivity index (χ4v) is 2.65. The van der Waals surface area contributed by atoms with Gasteiger partial charge in [0.15, 0.2) is 0 Å². The molecule has 1 amide bonds. The highest BCUT2D eigenvalue weighted by Crippen LogP contribution is 2.23. The van der Waals surface area contributed by atoms with Crippen molar-refractivity contribution in [2.45, 2.75) is 12.5 Å². The van der Waals surface area contributed by atoms with E-state index in [2.05, 4.69) is 10.6 Å². The van der Waals surface area contributed by atoms with E-state index in [1.54, 1.807) is 18.2 Å². The molecule has 7 heteroatoms. The summed E-state index contributed by atoms with van der Waals surface area (Å²) in [7, 11) is 0. The third-order valence-corrected chi connectivity index (χ3v) is 3.61. The van der Waals surface area contributed by atoms with Crippen molar-refractivity contribution in [2.75, 3.05) is 19.6 Å². The lowest BCUT2D eigenvalue weighted by atomic mass is 10.1. The molecule has 2 rings (SSSR count). The lowest BCUT2D eigenvalue weighted by Crippen LogP contribution is -2.34. The second kappa shape index (κ2) is 8.05. The van der Waals surface area contributed by atoms with E-state index in [1.807, 2.05) is 0 Å². The van der Waals surface area contributed by atoms with Crippen molar-refractivity contribution in [3.63, 3.8) is 0 Å². The van der Waals surface area contributed by atoms with Gasteiger partial charge in [-0.15, -0.1) is 12.4 Å². The molecule has 0 saturated carbocycles. The van der Waals surface area contributed by atoms with Gasteiger partial charge in [-0.05, 0) is 36.7 Å². The number of carbonyl (C=O) groups is 1. The van der Waals surface area contributed by atoms with Crippen LogP contribution in [0.4, 0.5) is 0 Å². The van der Waals surface area contributed by atoms with Crippen LogP contribution in [0.25, 0.3) is 0 Å². The predicted molar refractivity (Wildman–Crippen MR) is 82.7 cm³/mol. The highest BCUT2D eigenvalue weighted by atomic mass is 35.5. The summed E-state index contributed by atoms with van der Waals surface area (Å²) in [6.45, 7) is 1.72. The topological polar surface area (TPSA) is 61.4 Å². The summed E-state index contributed by atoms with van der Waals surface area (Å²) in [6, 6.07) is 4.88. The van der Waals surface area contributed by atoms with Gasteiger partial charge in [0.05, 0.1) is 12.0 Å². The van der Waals surface area contributed by atoms with Gasteiger partial charge in [0.1, 0.15) is 0 Å². The summed E-state index contributed by atoms with van der Waals surface area (Å²) in [5.74, 6) is -0.0349. The number of rotatable bonds is 4. The van der Waals surface area contributed by atoms with Crippen molar-refractivity contribution in [3.05, 3.63) is 33.8 Å². The van der Waals surface area contributed by atoms with Gasteiger partial charge >= 0.3 is 0 Å². The molecule has 1 heterocycles. The SMILES string of the molecule is Cl.O=C(NCC(O)c1cc(Cl)cc(Cl)c1)C1CCNC1. The van der Waals surface area contributed by atoms with E-state index in [0.29, 0.717) is 22.2 Å². The van der Waals surface area contributed by atoms with Crippen LogP contribution < -0.4 is 10.6 Å². The summed E-state index contributed by atoms with van der Waals surface area (Å²) >= 11 is 11.7. The Kier molecular flexibility index (Phi) is 7.06. The molecule has 1 aliphatic heterocycles. The molecule has 0 spiro atoms. The minimum atomic E-state index is -0.811. The average molecular weight is 340 g/mol. The number of aliphatic hydroxyl groups is 1. The van der Waals surface area contributed by atoms with Crippen LogP contribution in [0.3, 0.4) is 0 Å². The van der Waals surface area contributed by atoms with Gasteiger partial charge in [-0.2, -0.15) is 0 Å². The van der Waals surface area contributed by atoms with Gasteiger partial charge in [0.2, 0.25) is 5.91 Å². The van der Waals surface area contributed by atoms with Crippen LogP contribution in [0.2, 0.25) is 10.0 Å². The molecular weight excluding hydrogens is 323 g/mol. The van der Waals surface area contributed by atoms with E-state index in [9.17, 15) is 9.90 Å². The first kappa shape index (κ1) is 17.5. The van der Waals surface area contributed by atoms with Crippen LogP contribution in [0.5, 0.6) is 0 Å². The van der Waals surface area contributed by atoms with E-state index in [0.717, 1.165) is 13.0 Å². The Morgan fingerprint density at radius 3 is 2.60 bits per heavy atom. The van der Waals surface area contributed by atoms with Crippen LogP contribution >= 0.6 is 35.6 Å². The lowest BCUT2D eigenvalue weighted by molar-refractivity contribution is -0.124. The summed E-state index contributed by atoms with van der Waals surface area (Å²) in [5.41, 5.74) is 0.599. The summed E-state index contributed by atoms with van der Waals surface area (Å²) in [6.07, 6.45) is 0.0276. The van der Waals surface area contributed by atoms with Gasteiger partial charge in [-0.1, -0.05) is 23.2 Å². The smallest absolute Gasteiger partial charge is 0.224 e. The number of nitrogens with one attached hydrogen (secondary N) is 2. The molecule has 0 aromatic heterocycles. The van der Waals surface area contributed by atoms with E-state index in [-0.39, 0.29) is 30.8 Å². The van der Waals surface area contributed by atoms with E-state index >= 15 is 0 Å². The Hall–Kier alpha value is -0.520. The fraction of sp³-hybridized carbons (Fsp3) is 0.462. The Morgan fingerprint density at radius 2 is 2.05 bits per heavy atom. The van der Waals surface area contributed by atoms with Gasteiger partial charge in [0.25, 0.3) is 0 Å². The molecule has 0 radical (unpaired) electrons. The van der Waals surface area contributed by atoms with Crippen molar-refractivity contribution in [1.29, 1.82) is 0 Å². The number of aliphatic hydroxyl groups excluding tert-OH is 1. The molecule has 1 aromatic rings. The third kappa shape index (κ3) is 4.79. The minimum absolute atomic E-state index is 0. The first-order chi connectivity index (χ1) is 9.06. The molecule has 2 atom stereocenters. The van der Waals surface area contributed by atoms with Crippen LogP contribution in [0.15, 0.2) is 18.2 Å². The van der Waals surface area contributed by atoms with Crippen molar-refractivity contribution < 1.29 is 9.90 Å². The molecule has 20 heavy (non-hydrogen) atoms. The van der Waals surface area contributed by atoms with Gasteiger partial charge in [-0.25, -0.2) is 0 Å². The standard InChI is InChI=1S/C13H16Cl2N2O2.ClH/c14-10-3-9(4-11(15)5-10)12(18)7-17-13(19)8-1-2-16-6-8;/h3-5,8,12,16,18H,1-2,6-7H2,(H,17,19);1H. The zero-order valence-corrected chi connectivity index (χ0v) is 13.1. The summed E-state index contributed by atoms with van der Waals surface area (Å²) < 4.78 is 0. The second-order valence-electron chi connectivity index (χ2n) is 4.65.